The number of halogens is 1. The van der Waals surface area contributed by atoms with E-state index < -0.39 is 0 Å². The van der Waals surface area contributed by atoms with E-state index >= 15 is 0 Å². The maximum Gasteiger partial charge on any atom is 0.123 e. The van der Waals surface area contributed by atoms with Crippen molar-refractivity contribution in [3.8, 4) is 6.07 Å². The molecule has 4 heteroatoms. The lowest BCUT2D eigenvalue weighted by atomic mass is 9.90. The van der Waals surface area contributed by atoms with Crippen LogP contribution in [0.4, 0.5) is 4.39 Å². The zero-order valence-electron chi connectivity index (χ0n) is 15.1. The van der Waals surface area contributed by atoms with Crippen LogP contribution < -0.4 is 5.32 Å². The number of nitriles is 1. The first-order valence-corrected chi connectivity index (χ1v) is 9.41. The highest BCUT2D eigenvalue weighted by Gasteiger charge is 2.17. The van der Waals surface area contributed by atoms with Crippen LogP contribution in [0.3, 0.4) is 0 Å². The Kier molecular flexibility index (Phi) is 5.04. The fourth-order valence-corrected chi connectivity index (χ4v) is 3.83. The lowest BCUT2D eigenvalue weighted by Crippen LogP contribution is -2.31. The van der Waals surface area contributed by atoms with Gasteiger partial charge in [0.1, 0.15) is 5.82 Å². The molecule has 1 aliphatic rings. The number of benzene rings is 2. The van der Waals surface area contributed by atoms with Gasteiger partial charge in [-0.05, 0) is 73.7 Å². The summed E-state index contributed by atoms with van der Waals surface area (Å²) < 4.78 is 13.2. The van der Waals surface area contributed by atoms with Gasteiger partial charge in [0.2, 0.25) is 0 Å². The van der Waals surface area contributed by atoms with Crippen LogP contribution >= 0.6 is 0 Å². The molecule has 0 fully saturated rings. The van der Waals surface area contributed by atoms with Crippen LogP contribution in [0.15, 0.2) is 54.7 Å². The molecule has 136 valence electrons. The third kappa shape index (κ3) is 3.94. The van der Waals surface area contributed by atoms with Gasteiger partial charge in [0, 0.05) is 28.7 Å². The first-order valence-electron chi connectivity index (χ1n) is 9.41. The van der Waals surface area contributed by atoms with E-state index in [9.17, 15) is 4.39 Å². The molecule has 1 aromatic heterocycles. The number of aromatic nitrogens is 1. The van der Waals surface area contributed by atoms with Gasteiger partial charge in [-0.3, -0.25) is 0 Å². The number of nitrogens with one attached hydrogen (secondary N) is 2. The Bertz CT molecular complexity index is 1030. The second-order valence-electron chi connectivity index (χ2n) is 7.11. The second kappa shape index (κ2) is 7.77. The van der Waals surface area contributed by atoms with Gasteiger partial charge in [-0.25, -0.2) is 4.39 Å². The van der Waals surface area contributed by atoms with Gasteiger partial charge >= 0.3 is 0 Å². The number of hydrogen-bond acceptors (Lipinski definition) is 2. The monoisotopic (exact) mass is 359 g/mol. The summed E-state index contributed by atoms with van der Waals surface area (Å²) in [5, 5.41) is 13.9. The van der Waals surface area contributed by atoms with Crippen molar-refractivity contribution in [3.05, 3.63) is 77.2 Å². The number of fused-ring (bicyclic) bond motifs is 1. The zero-order valence-corrected chi connectivity index (χ0v) is 15.1. The lowest BCUT2D eigenvalue weighted by Gasteiger charge is -2.23. The van der Waals surface area contributed by atoms with Crippen molar-refractivity contribution in [2.45, 2.75) is 31.7 Å². The summed E-state index contributed by atoms with van der Waals surface area (Å²) in [6.07, 6.45) is 8.29. The van der Waals surface area contributed by atoms with E-state index in [1.165, 1.54) is 17.2 Å². The molecular weight excluding hydrogens is 337 g/mol. The van der Waals surface area contributed by atoms with Crippen molar-refractivity contribution in [3.63, 3.8) is 0 Å². The molecule has 0 saturated carbocycles. The number of hydrogen-bond donors (Lipinski definition) is 2. The van der Waals surface area contributed by atoms with Crippen molar-refractivity contribution in [1.82, 2.24) is 10.3 Å². The Morgan fingerprint density at radius 2 is 2.15 bits per heavy atom. The van der Waals surface area contributed by atoms with E-state index in [2.05, 4.69) is 28.6 Å². The summed E-state index contributed by atoms with van der Waals surface area (Å²) in [5.41, 5.74) is 5.35. The number of aromatic amines is 1. The van der Waals surface area contributed by atoms with E-state index in [0.717, 1.165) is 48.7 Å². The molecule has 1 unspecified atom stereocenters. The van der Waals surface area contributed by atoms with Crippen molar-refractivity contribution in [2.24, 2.45) is 0 Å². The Hall–Kier alpha value is -2.90. The van der Waals surface area contributed by atoms with Crippen LogP contribution in [0.25, 0.3) is 16.5 Å². The van der Waals surface area contributed by atoms with E-state index in [0.29, 0.717) is 11.6 Å². The van der Waals surface area contributed by atoms with Crippen molar-refractivity contribution in [2.75, 3.05) is 6.54 Å². The predicted molar refractivity (Wildman–Crippen MR) is 107 cm³/mol. The fraction of sp³-hybridized carbons (Fsp3) is 0.261. The van der Waals surface area contributed by atoms with Gasteiger partial charge < -0.3 is 10.3 Å². The molecule has 0 radical (unpaired) electrons. The van der Waals surface area contributed by atoms with E-state index in [4.69, 9.17) is 5.26 Å². The van der Waals surface area contributed by atoms with Gasteiger partial charge in [0.15, 0.2) is 0 Å². The quantitative estimate of drug-likeness (QED) is 0.677. The van der Waals surface area contributed by atoms with Crippen LogP contribution in [0.2, 0.25) is 0 Å². The van der Waals surface area contributed by atoms with Gasteiger partial charge in [-0.15, -0.1) is 0 Å². The number of nitrogens with zero attached hydrogens (tertiary/aromatic N) is 1. The first-order chi connectivity index (χ1) is 13.2. The van der Waals surface area contributed by atoms with Gasteiger partial charge in [0.05, 0.1) is 11.6 Å². The van der Waals surface area contributed by atoms with Crippen molar-refractivity contribution in [1.29, 1.82) is 5.26 Å². The molecule has 0 aliphatic heterocycles. The number of allylic oxidation sites excluding steroid dienone is 1. The molecule has 2 N–H and O–H groups in total. The van der Waals surface area contributed by atoms with Crippen LogP contribution in [0.1, 0.15) is 36.0 Å². The Morgan fingerprint density at radius 3 is 2.93 bits per heavy atom. The van der Waals surface area contributed by atoms with Crippen LogP contribution in [-0.4, -0.2) is 17.6 Å². The average Bonchev–Trinajstić information content (AvgIpc) is 3.12. The number of rotatable bonds is 5. The van der Waals surface area contributed by atoms with E-state index in [1.54, 1.807) is 12.1 Å². The van der Waals surface area contributed by atoms with Crippen LogP contribution in [-0.2, 0) is 6.42 Å². The second-order valence-corrected chi connectivity index (χ2v) is 7.11. The molecular formula is C23H22FN3. The molecule has 0 bridgehead atoms. The summed E-state index contributed by atoms with van der Waals surface area (Å²) in [6, 6.07) is 15.3. The largest absolute Gasteiger partial charge is 0.361 e. The van der Waals surface area contributed by atoms with E-state index in [-0.39, 0.29) is 5.82 Å². The zero-order chi connectivity index (χ0) is 18.6. The molecule has 3 nitrogen and oxygen atoms in total. The normalized spacial score (nSPS) is 16.9. The summed E-state index contributed by atoms with van der Waals surface area (Å²) in [7, 11) is 0. The van der Waals surface area contributed by atoms with Crippen LogP contribution in [0, 0.1) is 17.1 Å². The molecule has 0 saturated heterocycles. The highest BCUT2D eigenvalue weighted by molar-refractivity contribution is 5.93. The minimum Gasteiger partial charge on any atom is -0.361 e. The smallest absolute Gasteiger partial charge is 0.123 e. The third-order valence-electron chi connectivity index (χ3n) is 5.30. The lowest BCUT2D eigenvalue weighted by molar-refractivity contribution is 0.482. The SMILES string of the molecule is N#Cc1ccc2[nH]cc(C3=CCC(NCCc4cccc(F)c4)CC3)c2c1. The molecule has 3 aromatic rings. The summed E-state index contributed by atoms with van der Waals surface area (Å²) in [5.74, 6) is -0.170. The predicted octanol–water partition coefficient (Wildman–Crippen LogP) is 4.95. The topological polar surface area (TPSA) is 51.6 Å². The minimum atomic E-state index is -0.170. The summed E-state index contributed by atoms with van der Waals surface area (Å²) in [4.78, 5) is 3.31. The summed E-state index contributed by atoms with van der Waals surface area (Å²) in [6.45, 7) is 0.857. The van der Waals surface area contributed by atoms with E-state index in [1.807, 2.05) is 24.3 Å². The third-order valence-corrected chi connectivity index (χ3v) is 5.30. The highest BCUT2D eigenvalue weighted by atomic mass is 19.1. The molecule has 0 spiro atoms. The van der Waals surface area contributed by atoms with Crippen molar-refractivity contribution < 1.29 is 4.39 Å². The molecule has 2 aromatic carbocycles. The molecule has 1 heterocycles. The maximum absolute atomic E-state index is 13.2. The average molecular weight is 359 g/mol. The maximum atomic E-state index is 13.2. The van der Waals surface area contributed by atoms with Gasteiger partial charge in [0.25, 0.3) is 0 Å². The molecule has 27 heavy (non-hydrogen) atoms. The summed E-state index contributed by atoms with van der Waals surface area (Å²) >= 11 is 0. The number of H-pyrrole nitrogens is 1. The highest BCUT2D eigenvalue weighted by Crippen LogP contribution is 2.32. The molecule has 1 atom stereocenters. The molecule has 0 amide bonds. The Morgan fingerprint density at radius 1 is 1.22 bits per heavy atom. The molecule has 4 rings (SSSR count). The molecule has 1 aliphatic carbocycles. The Labute approximate surface area is 158 Å². The standard InChI is InChI=1S/C23H22FN3/c24-19-3-1-2-16(12-19)10-11-26-20-7-5-18(6-8-20)22-15-27-23-9-4-17(14-25)13-21(22)23/h1-5,9,12-13,15,20,26-27H,6-8,10-11H2. The Balaban J connectivity index is 1.38. The van der Waals surface area contributed by atoms with Crippen LogP contribution in [0.5, 0.6) is 0 Å². The van der Waals surface area contributed by atoms with Crippen molar-refractivity contribution >= 4 is 16.5 Å². The first kappa shape index (κ1) is 17.5. The minimum absolute atomic E-state index is 0.170. The van der Waals surface area contributed by atoms with Gasteiger partial charge in [-0.2, -0.15) is 5.26 Å². The van der Waals surface area contributed by atoms with Gasteiger partial charge in [-0.1, -0.05) is 18.2 Å². The fourth-order valence-electron chi connectivity index (χ4n) is 3.83.